The number of methoxy groups -OCH3 is 4. The van der Waals surface area contributed by atoms with Crippen molar-refractivity contribution in [2.24, 2.45) is 0 Å². The normalized spacial score (nSPS) is 10.9. The number of carbonyl (C=O) groups excluding carboxylic acids is 1. The fourth-order valence-electron chi connectivity index (χ4n) is 3.33. The Kier molecular flexibility index (Phi) is 13.2. The van der Waals surface area contributed by atoms with E-state index in [2.05, 4.69) is 0 Å². The molecule has 0 radical (unpaired) electrons. The molecule has 0 saturated carbocycles. The fraction of sp³-hybridized carbons (Fsp3) is 0.393. The molecule has 208 valence electrons. The number of rotatable bonds is 17. The SMILES string of the molecule is COCOc1cc(O)c(C(=O)/C=C/c2ccc(OCOC)c(OCOC)c2CC=C(C)C)c(OCOC)c1. The summed E-state index contributed by atoms with van der Waals surface area (Å²) in [5, 5.41) is 10.6. The zero-order valence-electron chi connectivity index (χ0n) is 22.7. The van der Waals surface area contributed by atoms with E-state index in [9.17, 15) is 9.90 Å². The molecule has 0 amide bonds. The summed E-state index contributed by atoms with van der Waals surface area (Å²) >= 11 is 0. The third-order valence-corrected chi connectivity index (χ3v) is 5.02. The van der Waals surface area contributed by atoms with Crippen molar-refractivity contribution < 1.29 is 47.8 Å². The van der Waals surface area contributed by atoms with Crippen LogP contribution in [0.3, 0.4) is 0 Å². The second-order valence-corrected chi connectivity index (χ2v) is 8.16. The van der Waals surface area contributed by atoms with Crippen molar-refractivity contribution in [3.63, 3.8) is 0 Å². The van der Waals surface area contributed by atoms with Gasteiger partial charge in [-0.1, -0.05) is 23.8 Å². The number of ketones is 1. The summed E-state index contributed by atoms with van der Waals surface area (Å²) in [6.07, 6.45) is 5.54. The summed E-state index contributed by atoms with van der Waals surface area (Å²) in [5.41, 5.74) is 2.57. The second-order valence-electron chi connectivity index (χ2n) is 8.16. The van der Waals surface area contributed by atoms with Gasteiger partial charge in [-0.25, -0.2) is 0 Å². The van der Waals surface area contributed by atoms with Crippen molar-refractivity contribution in [3.8, 4) is 28.7 Å². The van der Waals surface area contributed by atoms with Crippen LogP contribution in [0.1, 0.15) is 35.3 Å². The maximum absolute atomic E-state index is 13.3. The molecule has 0 spiro atoms. The first-order valence-electron chi connectivity index (χ1n) is 11.7. The summed E-state index contributed by atoms with van der Waals surface area (Å²) in [6, 6.07) is 6.34. The van der Waals surface area contributed by atoms with Gasteiger partial charge in [-0.15, -0.1) is 0 Å². The molecule has 0 aliphatic rings. The Bertz CT molecular complexity index is 1100. The van der Waals surface area contributed by atoms with Gasteiger partial charge in [0.05, 0.1) is 0 Å². The number of hydrogen-bond acceptors (Lipinski definition) is 10. The van der Waals surface area contributed by atoms with Gasteiger partial charge < -0.3 is 43.0 Å². The summed E-state index contributed by atoms with van der Waals surface area (Å²) in [7, 11) is 5.97. The van der Waals surface area contributed by atoms with Crippen LogP contribution in [0.15, 0.2) is 42.0 Å². The summed E-state index contributed by atoms with van der Waals surface area (Å²) in [6.45, 7) is 3.85. The molecule has 2 aromatic carbocycles. The van der Waals surface area contributed by atoms with Crippen molar-refractivity contribution in [1.82, 2.24) is 0 Å². The lowest BCUT2D eigenvalue weighted by molar-refractivity contribution is 0.0318. The number of phenolic OH excluding ortho intramolecular Hbond substituents is 1. The van der Waals surface area contributed by atoms with E-state index in [-0.39, 0.29) is 50.0 Å². The molecule has 2 rings (SSSR count). The molecule has 0 unspecified atom stereocenters. The molecular formula is C28H36O10. The predicted molar refractivity (Wildman–Crippen MR) is 141 cm³/mol. The number of allylic oxidation sites excluding steroid dienone is 3. The molecule has 1 N–H and O–H groups in total. The Morgan fingerprint density at radius 1 is 0.816 bits per heavy atom. The van der Waals surface area contributed by atoms with Crippen molar-refractivity contribution in [2.45, 2.75) is 20.3 Å². The first-order valence-corrected chi connectivity index (χ1v) is 11.7. The van der Waals surface area contributed by atoms with Gasteiger partial charge in [0, 0.05) is 46.1 Å². The maximum atomic E-state index is 13.3. The molecule has 0 bridgehead atoms. The van der Waals surface area contributed by atoms with Crippen LogP contribution < -0.4 is 18.9 Å². The molecule has 10 nitrogen and oxygen atoms in total. The standard InChI is InChI=1S/C28H36O10/c1-19(2)7-10-22-20(9-12-25(36-16-32-4)28(22)38-18-34-6)8-11-23(29)27-24(30)13-21(35-15-31-3)14-26(27)37-17-33-5/h7-9,11-14,30H,10,15-18H2,1-6H3/b11-8+. The van der Waals surface area contributed by atoms with Gasteiger partial charge in [0.2, 0.25) is 0 Å². The minimum Gasteiger partial charge on any atom is -0.507 e. The van der Waals surface area contributed by atoms with Crippen LogP contribution in [0.4, 0.5) is 0 Å². The molecule has 0 heterocycles. The number of hydrogen-bond donors (Lipinski definition) is 1. The van der Waals surface area contributed by atoms with Crippen LogP contribution >= 0.6 is 0 Å². The zero-order valence-corrected chi connectivity index (χ0v) is 22.7. The van der Waals surface area contributed by atoms with Crippen molar-refractivity contribution in [3.05, 3.63) is 58.7 Å². The Balaban J connectivity index is 2.52. The zero-order chi connectivity index (χ0) is 27.9. The van der Waals surface area contributed by atoms with Crippen molar-refractivity contribution in [2.75, 3.05) is 55.6 Å². The highest BCUT2D eigenvalue weighted by atomic mass is 16.7. The molecule has 0 saturated heterocycles. The average Bonchev–Trinajstić information content (AvgIpc) is 2.90. The van der Waals surface area contributed by atoms with Crippen LogP contribution in [0, 0.1) is 0 Å². The minimum absolute atomic E-state index is 0.00280. The van der Waals surface area contributed by atoms with Gasteiger partial charge in [-0.05, 0) is 38.0 Å². The Hall–Kier alpha value is -3.57. The maximum Gasteiger partial charge on any atom is 0.193 e. The summed E-state index contributed by atoms with van der Waals surface area (Å²) < 4.78 is 42.5. The highest BCUT2D eigenvalue weighted by molar-refractivity contribution is 6.10. The van der Waals surface area contributed by atoms with Crippen LogP contribution in [0.2, 0.25) is 0 Å². The summed E-state index contributed by atoms with van der Waals surface area (Å²) in [4.78, 5) is 13.3. The monoisotopic (exact) mass is 532 g/mol. The molecule has 10 heteroatoms. The van der Waals surface area contributed by atoms with Gasteiger partial charge in [0.1, 0.15) is 22.8 Å². The highest BCUT2D eigenvalue weighted by Gasteiger charge is 2.20. The first kappa shape index (κ1) is 30.7. The molecule has 0 aliphatic carbocycles. The number of phenols is 1. The predicted octanol–water partition coefficient (Wildman–Crippen LogP) is 4.73. The lowest BCUT2D eigenvalue weighted by Crippen LogP contribution is -2.08. The van der Waals surface area contributed by atoms with Crippen LogP contribution in [0.5, 0.6) is 28.7 Å². The van der Waals surface area contributed by atoms with Crippen LogP contribution in [-0.2, 0) is 25.4 Å². The fourth-order valence-corrected chi connectivity index (χ4v) is 3.33. The second kappa shape index (κ2) is 16.3. The smallest absolute Gasteiger partial charge is 0.193 e. The van der Waals surface area contributed by atoms with Gasteiger partial charge in [-0.3, -0.25) is 4.79 Å². The Morgan fingerprint density at radius 3 is 2.05 bits per heavy atom. The largest absolute Gasteiger partial charge is 0.507 e. The first-order chi connectivity index (χ1) is 18.4. The molecule has 0 fully saturated rings. The molecular weight excluding hydrogens is 496 g/mol. The number of ether oxygens (including phenoxy) is 8. The van der Waals surface area contributed by atoms with E-state index >= 15 is 0 Å². The molecule has 0 aliphatic heterocycles. The van der Waals surface area contributed by atoms with E-state index in [1.165, 1.54) is 46.6 Å². The highest BCUT2D eigenvalue weighted by Crippen LogP contribution is 2.37. The van der Waals surface area contributed by atoms with E-state index in [1.54, 1.807) is 12.1 Å². The quantitative estimate of drug-likeness (QED) is 0.133. The van der Waals surface area contributed by atoms with E-state index < -0.39 is 5.78 Å². The van der Waals surface area contributed by atoms with Crippen molar-refractivity contribution in [1.29, 1.82) is 0 Å². The van der Waals surface area contributed by atoms with Gasteiger partial charge in [0.15, 0.2) is 44.5 Å². The number of benzene rings is 2. The lowest BCUT2D eigenvalue weighted by atomic mass is 9.99. The summed E-state index contributed by atoms with van der Waals surface area (Å²) in [5.74, 6) is 0.527. The van der Waals surface area contributed by atoms with Crippen molar-refractivity contribution >= 4 is 11.9 Å². The van der Waals surface area contributed by atoms with Crippen LogP contribution in [-0.4, -0.2) is 66.5 Å². The van der Waals surface area contributed by atoms with Gasteiger partial charge in [0.25, 0.3) is 0 Å². The molecule has 0 aromatic heterocycles. The van der Waals surface area contributed by atoms with E-state index in [1.807, 2.05) is 26.0 Å². The Morgan fingerprint density at radius 2 is 1.42 bits per heavy atom. The molecule has 38 heavy (non-hydrogen) atoms. The van der Waals surface area contributed by atoms with Crippen LogP contribution in [0.25, 0.3) is 6.08 Å². The minimum atomic E-state index is -0.487. The lowest BCUT2D eigenvalue weighted by Gasteiger charge is -2.17. The van der Waals surface area contributed by atoms with E-state index in [0.717, 1.165) is 11.1 Å². The van der Waals surface area contributed by atoms with Gasteiger partial charge in [-0.2, -0.15) is 0 Å². The van der Waals surface area contributed by atoms with Gasteiger partial charge >= 0.3 is 0 Å². The average molecular weight is 533 g/mol. The Labute approximate surface area is 223 Å². The van der Waals surface area contributed by atoms with E-state index in [4.69, 9.17) is 37.9 Å². The third-order valence-electron chi connectivity index (χ3n) is 5.02. The molecule has 2 aromatic rings. The molecule has 0 atom stereocenters. The number of aromatic hydroxyl groups is 1. The number of carbonyl (C=O) groups is 1. The topological polar surface area (TPSA) is 111 Å². The van der Waals surface area contributed by atoms with E-state index in [0.29, 0.717) is 23.5 Å². The third kappa shape index (κ3) is 9.07.